The van der Waals surface area contributed by atoms with Crippen LogP contribution in [0.3, 0.4) is 0 Å². The fourth-order valence-electron chi connectivity index (χ4n) is 3.80. The number of carbonyl (C=O) groups excluding carboxylic acids is 1. The molecule has 1 amide bonds. The fraction of sp³-hybridized carbons (Fsp3) is 0.800. The molecule has 2 saturated heterocycles. The Morgan fingerprint density at radius 3 is 2.34 bits per heavy atom. The summed E-state index contributed by atoms with van der Waals surface area (Å²) in [6, 6.07) is -0.0552. The molecule has 0 radical (unpaired) electrons. The third-order valence-electron chi connectivity index (χ3n) is 5.66. The van der Waals surface area contributed by atoms with Gasteiger partial charge >= 0.3 is 0 Å². The number of hydrogen-bond acceptors (Lipinski definition) is 6. The van der Waals surface area contributed by atoms with Gasteiger partial charge in [-0.1, -0.05) is 25.9 Å². The molecule has 9 heteroatoms. The maximum Gasteiger partial charge on any atom is 0.239 e. The van der Waals surface area contributed by atoms with Crippen molar-refractivity contribution in [2.24, 2.45) is 4.99 Å². The molecule has 29 heavy (non-hydrogen) atoms. The molecule has 2 aliphatic rings. The number of likely N-dealkylation sites (tertiary alicyclic amines) is 1. The lowest BCUT2D eigenvalue weighted by Gasteiger charge is -2.39. The molecule has 1 atom stereocenters. The fourth-order valence-corrected chi connectivity index (χ4v) is 3.80. The summed E-state index contributed by atoms with van der Waals surface area (Å²) >= 11 is 0. The van der Waals surface area contributed by atoms with Crippen LogP contribution in [-0.2, 0) is 16.8 Å². The minimum atomic E-state index is -0.160. The molecular formula is C20H35N7O2. The maximum absolute atomic E-state index is 12.7. The van der Waals surface area contributed by atoms with Crippen LogP contribution in [0.15, 0.2) is 9.52 Å². The minimum Gasteiger partial charge on any atom is -0.349 e. The predicted octanol–water partition coefficient (Wildman–Crippen LogP) is 1.07. The van der Waals surface area contributed by atoms with Gasteiger partial charge in [-0.3, -0.25) is 14.7 Å². The van der Waals surface area contributed by atoms with Gasteiger partial charge in [0, 0.05) is 51.7 Å². The number of nitrogens with zero attached hydrogens (tertiary/aromatic N) is 6. The Labute approximate surface area is 173 Å². The van der Waals surface area contributed by atoms with Crippen molar-refractivity contribution in [3.05, 3.63) is 11.7 Å². The maximum atomic E-state index is 12.7. The van der Waals surface area contributed by atoms with Gasteiger partial charge in [0.05, 0.1) is 12.6 Å². The van der Waals surface area contributed by atoms with Crippen molar-refractivity contribution in [1.82, 2.24) is 30.2 Å². The van der Waals surface area contributed by atoms with Crippen molar-refractivity contribution in [2.45, 2.75) is 58.5 Å². The number of guanidine groups is 1. The van der Waals surface area contributed by atoms with Crippen LogP contribution in [0, 0.1) is 0 Å². The number of hydrogen-bond donors (Lipinski definition) is 1. The molecule has 3 heterocycles. The zero-order valence-electron chi connectivity index (χ0n) is 18.4. The smallest absolute Gasteiger partial charge is 0.239 e. The van der Waals surface area contributed by atoms with Gasteiger partial charge in [-0.15, -0.1) is 0 Å². The summed E-state index contributed by atoms with van der Waals surface area (Å²) in [5.74, 6) is 2.35. The van der Waals surface area contributed by atoms with E-state index in [4.69, 9.17) is 4.52 Å². The number of nitrogens with one attached hydrogen (secondary N) is 1. The molecule has 0 aliphatic carbocycles. The van der Waals surface area contributed by atoms with Crippen LogP contribution >= 0.6 is 0 Å². The molecule has 162 valence electrons. The molecule has 3 rings (SSSR count). The van der Waals surface area contributed by atoms with E-state index in [1.165, 1.54) is 0 Å². The minimum absolute atomic E-state index is 0.0552. The van der Waals surface area contributed by atoms with E-state index in [2.05, 4.69) is 30.2 Å². The van der Waals surface area contributed by atoms with E-state index in [1.54, 1.807) is 7.05 Å². The molecule has 2 aliphatic heterocycles. The van der Waals surface area contributed by atoms with E-state index in [0.717, 1.165) is 58.1 Å². The molecule has 1 aromatic heterocycles. The van der Waals surface area contributed by atoms with Crippen LogP contribution in [0.4, 0.5) is 0 Å². The van der Waals surface area contributed by atoms with Gasteiger partial charge in [0.15, 0.2) is 11.8 Å². The lowest BCUT2D eigenvalue weighted by Crippen LogP contribution is -2.57. The standard InChI is InChI=1S/C20H35N7O2/c1-15(17(28)26-8-6-7-9-26)25-10-12-27(13-11-25)19(21-5)22-14-16-23-18(29-24-16)20(2,3)4/h15H,6-14H2,1-5H3,(H,21,22). The monoisotopic (exact) mass is 405 g/mol. The number of aliphatic imine (C=N–C) groups is 1. The largest absolute Gasteiger partial charge is 0.349 e. The first-order chi connectivity index (χ1) is 13.8. The first-order valence-electron chi connectivity index (χ1n) is 10.6. The van der Waals surface area contributed by atoms with Gasteiger partial charge in [0.1, 0.15) is 0 Å². The summed E-state index contributed by atoms with van der Waals surface area (Å²) < 4.78 is 5.35. The molecule has 0 aromatic carbocycles. The second-order valence-corrected chi connectivity index (χ2v) is 8.90. The van der Waals surface area contributed by atoms with Gasteiger partial charge in [0.2, 0.25) is 11.8 Å². The lowest BCUT2D eigenvalue weighted by atomic mass is 9.97. The van der Waals surface area contributed by atoms with Crippen molar-refractivity contribution < 1.29 is 9.32 Å². The van der Waals surface area contributed by atoms with Crippen molar-refractivity contribution in [2.75, 3.05) is 46.3 Å². The van der Waals surface area contributed by atoms with E-state index < -0.39 is 0 Å². The number of amides is 1. The molecule has 0 bridgehead atoms. The molecule has 2 fully saturated rings. The summed E-state index contributed by atoms with van der Waals surface area (Å²) in [7, 11) is 1.78. The molecule has 1 aromatic rings. The van der Waals surface area contributed by atoms with Gasteiger partial charge < -0.3 is 19.6 Å². The first-order valence-corrected chi connectivity index (χ1v) is 10.6. The Bertz CT molecular complexity index is 711. The molecule has 1 unspecified atom stereocenters. The summed E-state index contributed by atoms with van der Waals surface area (Å²) in [6.07, 6.45) is 2.26. The molecule has 9 nitrogen and oxygen atoms in total. The Hall–Kier alpha value is -2.16. The number of piperazine rings is 1. The van der Waals surface area contributed by atoms with Gasteiger partial charge in [-0.25, -0.2) is 0 Å². The van der Waals surface area contributed by atoms with E-state index in [9.17, 15) is 4.79 Å². The van der Waals surface area contributed by atoms with E-state index in [-0.39, 0.29) is 17.4 Å². The quantitative estimate of drug-likeness (QED) is 0.592. The highest BCUT2D eigenvalue weighted by Gasteiger charge is 2.30. The second-order valence-electron chi connectivity index (χ2n) is 8.90. The van der Waals surface area contributed by atoms with Crippen molar-refractivity contribution in [1.29, 1.82) is 0 Å². The zero-order chi connectivity index (χ0) is 21.0. The SMILES string of the molecule is CN=C(NCc1noc(C(C)(C)C)n1)N1CCN(C(C)C(=O)N2CCCC2)CC1. The van der Waals surface area contributed by atoms with E-state index in [0.29, 0.717) is 18.3 Å². The Morgan fingerprint density at radius 2 is 1.79 bits per heavy atom. The summed E-state index contributed by atoms with van der Waals surface area (Å²) in [5, 5.41) is 7.38. The van der Waals surface area contributed by atoms with Crippen LogP contribution in [0.1, 0.15) is 52.3 Å². The second kappa shape index (κ2) is 9.11. The average Bonchev–Trinajstić information content (AvgIpc) is 3.39. The molecule has 0 saturated carbocycles. The number of aromatic nitrogens is 2. The first kappa shape index (κ1) is 21.5. The summed E-state index contributed by atoms with van der Waals surface area (Å²) in [4.78, 5) is 28.0. The normalized spacial score (nSPS) is 20.2. The third kappa shape index (κ3) is 5.26. The Balaban J connectivity index is 1.48. The Kier molecular flexibility index (Phi) is 6.77. The van der Waals surface area contributed by atoms with Gasteiger partial charge in [0.25, 0.3) is 0 Å². The Morgan fingerprint density at radius 1 is 1.14 bits per heavy atom. The molecule has 0 spiro atoms. The number of rotatable bonds is 4. The summed E-state index contributed by atoms with van der Waals surface area (Å²) in [5.41, 5.74) is -0.160. The highest BCUT2D eigenvalue weighted by atomic mass is 16.5. The van der Waals surface area contributed by atoms with Crippen molar-refractivity contribution in [3.63, 3.8) is 0 Å². The van der Waals surface area contributed by atoms with Crippen LogP contribution in [0.5, 0.6) is 0 Å². The van der Waals surface area contributed by atoms with Crippen LogP contribution < -0.4 is 5.32 Å². The van der Waals surface area contributed by atoms with Crippen molar-refractivity contribution in [3.8, 4) is 0 Å². The predicted molar refractivity (Wildman–Crippen MR) is 112 cm³/mol. The molecule has 1 N–H and O–H groups in total. The summed E-state index contributed by atoms with van der Waals surface area (Å²) in [6.45, 7) is 13.8. The van der Waals surface area contributed by atoms with Gasteiger partial charge in [-0.2, -0.15) is 4.98 Å². The lowest BCUT2D eigenvalue weighted by molar-refractivity contribution is -0.135. The third-order valence-corrected chi connectivity index (χ3v) is 5.66. The zero-order valence-corrected chi connectivity index (χ0v) is 18.4. The highest BCUT2D eigenvalue weighted by Crippen LogP contribution is 2.19. The van der Waals surface area contributed by atoms with Gasteiger partial charge in [-0.05, 0) is 19.8 Å². The van der Waals surface area contributed by atoms with Crippen LogP contribution in [0.2, 0.25) is 0 Å². The average molecular weight is 406 g/mol. The highest BCUT2D eigenvalue weighted by molar-refractivity contribution is 5.82. The van der Waals surface area contributed by atoms with Crippen molar-refractivity contribution >= 4 is 11.9 Å². The van der Waals surface area contributed by atoms with Crippen LogP contribution in [0.25, 0.3) is 0 Å². The topological polar surface area (TPSA) is 90.1 Å². The molecular weight excluding hydrogens is 370 g/mol. The van der Waals surface area contributed by atoms with Crippen LogP contribution in [-0.4, -0.2) is 89.1 Å². The van der Waals surface area contributed by atoms with E-state index in [1.807, 2.05) is 32.6 Å². The van der Waals surface area contributed by atoms with E-state index >= 15 is 0 Å². The number of carbonyl (C=O) groups is 1.